The van der Waals surface area contributed by atoms with Gasteiger partial charge in [-0.1, -0.05) is 29.8 Å². The van der Waals surface area contributed by atoms with Gasteiger partial charge in [0.1, 0.15) is 18.0 Å². The van der Waals surface area contributed by atoms with Crippen LogP contribution < -0.4 is 15.8 Å². The zero-order valence-corrected chi connectivity index (χ0v) is 25.9. The Morgan fingerprint density at radius 1 is 1.17 bits per heavy atom. The van der Waals surface area contributed by atoms with Gasteiger partial charge >= 0.3 is 6.18 Å². The van der Waals surface area contributed by atoms with Crippen LogP contribution in [0, 0.1) is 5.82 Å². The lowest BCUT2D eigenvalue weighted by molar-refractivity contribution is -0.140. The molecule has 19 heteroatoms. The molecule has 3 aromatic heterocycles. The fraction of sp³-hybridized carbons (Fsp3) is 0.379. The Hall–Kier alpha value is -4.97. The molecule has 0 saturated carbocycles. The molecule has 2 aliphatic rings. The summed E-state index contributed by atoms with van der Waals surface area (Å²) in [6, 6.07) is 0.878. The number of ether oxygens (including phenoxy) is 1. The minimum absolute atomic E-state index is 0.0261. The van der Waals surface area contributed by atoms with Crippen LogP contribution >= 0.6 is 11.6 Å². The van der Waals surface area contributed by atoms with Crippen LogP contribution in [-0.4, -0.2) is 85.5 Å². The van der Waals surface area contributed by atoms with Gasteiger partial charge in [0.25, 0.3) is 11.5 Å². The Bertz CT molecular complexity index is 2000. The van der Waals surface area contributed by atoms with Gasteiger partial charge in [-0.3, -0.25) is 14.4 Å². The second kappa shape index (κ2) is 12.9. The van der Waals surface area contributed by atoms with E-state index in [1.54, 1.807) is 17.9 Å². The predicted octanol–water partition coefficient (Wildman–Crippen LogP) is 3.36. The second-order valence-electron chi connectivity index (χ2n) is 10.9. The number of alkyl halides is 3. The summed E-state index contributed by atoms with van der Waals surface area (Å²) in [7, 11) is 0. The lowest BCUT2D eigenvalue weighted by Crippen LogP contribution is -2.51. The first-order valence-electron chi connectivity index (χ1n) is 14.7. The molecule has 0 atom stereocenters. The first-order chi connectivity index (χ1) is 22.9. The molecule has 5 heterocycles. The van der Waals surface area contributed by atoms with Crippen molar-refractivity contribution in [1.82, 2.24) is 29.2 Å². The average molecular weight is 695 g/mol. The first kappa shape index (κ1) is 33.0. The monoisotopic (exact) mass is 694 g/mol. The van der Waals surface area contributed by atoms with Gasteiger partial charge < -0.3 is 34.1 Å². The summed E-state index contributed by atoms with van der Waals surface area (Å²) >= 11 is 5.99. The normalized spacial score (nSPS) is 15.6. The second-order valence-corrected chi connectivity index (χ2v) is 11.3. The van der Waals surface area contributed by atoms with Crippen molar-refractivity contribution in [2.75, 3.05) is 49.6 Å². The summed E-state index contributed by atoms with van der Waals surface area (Å²) in [4.78, 5) is 48.1. The van der Waals surface area contributed by atoms with E-state index in [1.807, 2.05) is 0 Å². The number of nitrogens with one attached hydrogen (secondary N) is 1. The van der Waals surface area contributed by atoms with Crippen molar-refractivity contribution < 1.29 is 41.5 Å². The van der Waals surface area contributed by atoms with Crippen LogP contribution in [0.3, 0.4) is 0 Å². The minimum Gasteiger partial charge on any atom is -0.503 e. The molecule has 2 N–H and O–H groups in total. The van der Waals surface area contributed by atoms with Gasteiger partial charge in [0.05, 0.1) is 35.2 Å². The van der Waals surface area contributed by atoms with Crippen LogP contribution in [0.15, 0.2) is 33.8 Å². The highest BCUT2D eigenvalue weighted by Crippen LogP contribution is 2.36. The number of hydrogen-bond donors (Lipinski definition) is 2. The zero-order chi connectivity index (χ0) is 34.3. The lowest BCUT2D eigenvalue weighted by Gasteiger charge is -2.36. The summed E-state index contributed by atoms with van der Waals surface area (Å²) in [5.74, 6) is -3.08. The number of carbonyl (C=O) groups excluding carboxylic acids is 2. The van der Waals surface area contributed by atoms with E-state index in [0.717, 1.165) is 16.4 Å². The number of amides is 2. The van der Waals surface area contributed by atoms with Gasteiger partial charge in [-0.15, -0.1) is 5.10 Å². The standard InChI is InChI=1S/C29H27ClF4N8O6/c1-2-20-24(39-5-7-40(8-6-39)26(45)23-21(43)14-48-38-23)27(46)42-28(36-25(37-42)15-3-9-47-10-4-15)41(20)13-22(44)35-19-12-18(31)16(11-17(19)30)29(32,33)34/h3,11-12,14,43H,2,4-10,13H2,1H3,(H,35,44). The van der Waals surface area contributed by atoms with Gasteiger partial charge in [-0.05, 0) is 30.5 Å². The summed E-state index contributed by atoms with van der Waals surface area (Å²) in [6.45, 7) is 2.68. The highest BCUT2D eigenvalue weighted by molar-refractivity contribution is 6.33. The molecule has 0 spiro atoms. The smallest absolute Gasteiger partial charge is 0.419 e. The molecule has 0 radical (unpaired) electrons. The first-order valence-corrected chi connectivity index (χ1v) is 15.1. The lowest BCUT2D eigenvalue weighted by atomic mass is 10.1. The van der Waals surface area contributed by atoms with E-state index >= 15 is 0 Å². The number of fused-ring (bicyclic) bond motifs is 1. The van der Waals surface area contributed by atoms with Gasteiger partial charge in [0.2, 0.25) is 17.4 Å². The quantitative estimate of drug-likeness (QED) is 0.275. The molecule has 4 aromatic rings. The van der Waals surface area contributed by atoms with E-state index in [2.05, 4.69) is 25.1 Å². The topological polar surface area (TPSA) is 160 Å². The van der Waals surface area contributed by atoms with Crippen molar-refractivity contribution in [3.8, 4) is 5.75 Å². The predicted molar refractivity (Wildman–Crippen MR) is 161 cm³/mol. The Kier molecular flexibility index (Phi) is 8.86. The number of halogens is 5. The number of piperazine rings is 1. The number of hydrogen-bond acceptors (Lipinski definition) is 10. The number of nitrogens with zero attached hydrogens (tertiary/aromatic N) is 7. The molecule has 254 valence electrons. The fourth-order valence-electron chi connectivity index (χ4n) is 5.65. The largest absolute Gasteiger partial charge is 0.503 e. The molecule has 1 fully saturated rings. The zero-order valence-electron chi connectivity index (χ0n) is 25.2. The number of benzene rings is 1. The summed E-state index contributed by atoms with van der Waals surface area (Å²) < 4.78 is 66.4. The van der Waals surface area contributed by atoms with Crippen molar-refractivity contribution in [2.45, 2.75) is 32.5 Å². The Balaban J connectivity index is 1.36. The molecular weight excluding hydrogens is 668 g/mol. The molecule has 6 rings (SSSR count). The Morgan fingerprint density at radius 3 is 2.54 bits per heavy atom. The Labute approximate surface area is 273 Å². The van der Waals surface area contributed by atoms with Crippen LogP contribution in [-0.2, 0) is 28.7 Å². The number of carbonyl (C=O) groups is 2. The van der Waals surface area contributed by atoms with E-state index in [4.69, 9.17) is 16.3 Å². The van der Waals surface area contributed by atoms with Crippen LogP contribution in [0.1, 0.15) is 40.9 Å². The van der Waals surface area contributed by atoms with Crippen LogP contribution in [0.5, 0.6) is 5.75 Å². The maximum Gasteiger partial charge on any atom is 0.419 e. The van der Waals surface area contributed by atoms with Gasteiger partial charge in [0.15, 0.2) is 17.8 Å². The third kappa shape index (κ3) is 6.19. The maximum atomic E-state index is 14.3. The Morgan fingerprint density at radius 2 is 1.92 bits per heavy atom. The third-order valence-corrected chi connectivity index (χ3v) is 8.30. The van der Waals surface area contributed by atoms with E-state index < -0.39 is 52.2 Å². The van der Waals surface area contributed by atoms with Crippen molar-refractivity contribution in [3.63, 3.8) is 0 Å². The minimum atomic E-state index is -4.99. The molecule has 0 bridgehead atoms. The average Bonchev–Trinajstić information content (AvgIpc) is 3.70. The van der Waals surface area contributed by atoms with Gasteiger partial charge in [-0.25, -0.2) is 4.39 Å². The van der Waals surface area contributed by atoms with Crippen LogP contribution in [0.25, 0.3) is 11.4 Å². The van der Waals surface area contributed by atoms with Crippen LogP contribution in [0.2, 0.25) is 5.02 Å². The number of rotatable bonds is 7. The van der Waals surface area contributed by atoms with E-state index in [0.29, 0.717) is 37.5 Å². The van der Waals surface area contributed by atoms with E-state index in [9.17, 15) is 37.1 Å². The molecule has 2 aliphatic heterocycles. The molecule has 48 heavy (non-hydrogen) atoms. The molecule has 1 saturated heterocycles. The molecule has 0 aliphatic carbocycles. The highest BCUT2D eigenvalue weighted by Gasteiger charge is 2.35. The third-order valence-electron chi connectivity index (χ3n) is 7.99. The van der Waals surface area contributed by atoms with Gasteiger partial charge in [-0.2, -0.15) is 22.7 Å². The van der Waals surface area contributed by atoms with Crippen molar-refractivity contribution in [1.29, 1.82) is 0 Å². The number of anilines is 2. The maximum absolute atomic E-state index is 14.3. The molecule has 1 aromatic carbocycles. The van der Waals surface area contributed by atoms with E-state index in [-0.39, 0.29) is 61.3 Å². The molecule has 2 amide bonds. The van der Waals surface area contributed by atoms with E-state index in [1.165, 1.54) is 9.47 Å². The van der Waals surface area contributed by atoms with Gasteiger partial charge in [0, 0.05) is 26.2 Å². The molecular formula is C29H27ClF4N8O6. The number of aromatic nitrogens is 5. The van der Waals surface area contributed by atoms with Crippen molar-refractivity contribution in [3.05, 3.63) is 68.4 Å². The van der Waals surface area contributed by atoms with Crippen LogP contribution in [0.4, 0.5) is 28.9 Å². The number of aromatic hydroxyl groups is 1. The highest BCUT2D eigenvalue weighted by atomic mass is 35.5. The SMILES string of the molecule is CCc1c(N2CCN(C(=O)c3nocc3O)CC2)c(=O)n2nc(C3=CCOCC3)nc2n1CC(=O)Nc1cc(F)c(C(F)(F)F)cc1Cl. The van der Waals surface area contributed by atoms with Crippen molar-refractivity contribution in [2.24, 2.45) is 0 Å². The summed E-state index contributed by atoms with van der Waals surface area (Å²) in [5, 5.41) is 19.7. The summed E-state index contributed by atoms with van der Waals surface area (Å²) in [6.07, 6.45) is -1.56. The molecule has 14 nitrogen and oxygen atoms in total. The molecule has 0 unspecified atom stereocenters. The van der Waals surface area contributed by atoms with Crippen molar-refractivity contribution >= 4 is 46.1 Å². The summed E-state index contributed by atoms with van der Waals surface area (Å²) in [5.41, 5.74) is -1.40. The fourth-order valence-corrected chi connectivity index (χ4v) is 5.86.